The van der Waals surface area contributed by atoms with Crippen LogP contribution in [0.25, 0.3) is 0 Å². The first-order valence-corrected chi connectivity index (χ1v) is 7.00. The van der Waals surface area contributed by atoms with Gasteiger partial charge in [-0.05, 0) is 36.2 Å². The maximum atomic E-state index is 5.19. The van der Waals surface area contributed by atoms with Crippen molar-refractivity contribution in [1.29, 1.82) is 0 Å². The Morgan fingerprint density at radius 3 is 2.61 bits per heavy atom. The number of hydrogen-bond acceptors (Lipinski definition) is 2. The lowest BCUT2D eigenvalue weighted by molar-refractivity contribution is 0.171. The van der Waals surface area contributed by atoms with E-state index in [1.807, 2.05) is 0 Å². The lowest BCUT2D eigenvalue weighted by atomic mass is 10.00. The second-order valence-corrected chi connectivity index (χ2v) is 5.69. The zero-order valence-corrected chi connectivity index (χ0v) is 11.6. The van der Waals surface area contributed by atoms with E-state index in [-0.39, 0.29) is 0 Å². The summed E-state index contributed by atoms with van der Waals surface area (Å²) >= 11 is 0. The largest absolute Gasteiger partial charge is 0.385 e. The van der Waals surface area contributed by atoms with Gasteiger partial charge in [0.15, 0.2) is 0 Å². The summed E-state index contributed by atoms with van der Waals surface area (Å²) < 4.78 is 5.19. The van der Waals surface area contributed by atoms with E-state index in [0.717, 1.165) is 19.7 Å². The standard InChI is InChI=1S/C16H25NO/c1-14(15-6-4-3-5-7-15)12-17-13-16(8-9-16)10-11-18-2/h3-7,14,17H,8-13H2,1-2H3. The van der Waals surface area contributed by atoms with Crippen molar-refractivity contribution in [2.45, 2.75) is 32.1 Å². The lowest BCUT2D eigenvalue weighted by Crippen LogP contribution is -2.28. The number of nitrogens with one attached hydrogen (secondary N) is 1. The Kier molecular flexibility index (Phi) is 4.79. The van der Waals surface area contributed by atoms with E-state index in [1.54, 1.807) is 7.11 Å². The van der Waals surface area contributed by atoms with Gasteiger partial charge >= 0.3 is 0 Å². The van der Waals surface area contributed by atoms with Crippen molar-refractivity contribution in [3.63, 3.8) is 0 Å². The van der Waals surface area contributed by atoms with Crippen LogP contribution in [0, 0.1) is 5.41 Å². The molecule has 1 fully saturated rings. The summed E-state index contributed by atoms with van der Waals surface area (Å²) in [5.74, 6) is 0.587. The topological polar surface area (TPSA) is 21.3 Å². The molecule has 0 aliphatic heterocycles. The molecular weight excluding hydrogens is 222 g/mol. The van der Waals surface area contributed by atoms with E-state index in [9.17, 15) is 0 Å². The molecule has 0 spiro atoms. The smallest absolute Gasteiger partial charge is 0.0468 e. The van der Waals surface area contributed by atoms with Crippen LogP contribution < -0.4 is 5.32 Å². The molecule has 0 radical (unpaired) electrons. The van der Waals surface area contributed by atoms with Crippen molar-refractivity contribution in [2.24, 2.45) is 5.41 Å². The maximum Gasteiger partial charge on any atom is 0.0468 e. The Labute approximate surface area is 111 Å². The van der Waals surface area contributed by atoms with Crippen LogP contribution in [-0.2, 0) is 4.74 Å². The predicted octanol–water partition coefficient (Wildman–Crippen LogP) is 3.20. The summed E-state index contributed by atoms with van der Waals surface area (Å²) in [5.41, 5.74) is 1.97. The van der Waals surface area contributed by atoms with Crippen LogP contribution in [0.2, 0.25) is 0 Å². The van der Waals surface area contributed by atoms with Crippen molar-refractivity contribution in [1.82, 2.24) is 5.32 Å². The Balaban J connectivity index is 1.69. The van der Waals surface area contributed by atoms with Crippen LogP contribution in [0.5, 0.6) is 0 Å². The van der Waals surface area contributed by atoms with Gasteiger partial charge < -0.3 is 10.1 Å². The number of ether oxygens (including phenoxy) is 1. The summed E-state index contributed by atoms with van der Waals surface area (Å²) in [6.07, 6.45) is 3.93. The van der Waals surface area contributed by atoms with E-state index in [2.05, 4.69) is 42.6 Å². The van der Waals surface area contributed by atoms with Crippen molar-refractivity contribution in [3.05, 3.63) is 35.9 Å². The third kappa shape index (κ3) is 3.82. The molecule has 2 heteroatoms. The molecule has 1 aromatic rings. The SMILES string of the molecule is COCCC1(CNCC(C)c2ccccc2)CC1. The highest BCUT2D eigenvalue weighted by Gasteiger charge is 2.41. The minimum Gasteiger partial charge on any atom is -0.385 e. The van der Waals surface area contributed by atoms with Gasteiger partial charge in [0.2, 0.25) is 0 Å². The summed E-state index contributed by atoms with van der Waals surface area (Å²) in [6.45, 7) is 5.40. The van der Waals surface area contributed by atoms with Crippen molar-refractivity contribution in [3.8, 4) is 0 Å². The quantitative estimate of drug-likeness (QED) is 0.761. The van der Waals surface area contributed by atoms with Gasteiger partial charge in [-0.3, -0.25) is 0 Å². The zero-order chi connectivity index (χ0) is 12.8. The average molecular weight is 247 g/mol. The summed E-state index contributed by atoms with van der Waals surface area (Å²) in [5, 5.41) is 3.64. The van der Waals surface area contributed by atoms with Gasteiger partial charge in [0.25, 0.3) is 0 Å². The highest BCUT2D eigenvalue weighted by molar-refractivity contribution is 5.19. The second kappa shape index (κ2) is 6.35. The van der Waals surface area contributed by atoms with Gasteiger partial charge in [0.1, 0.15) is 0 Å². The molecule has 1 N–H and O–H groups in total. The highest BCUT2D eigenvalue weighted by atomic mass is 16.5. The highest BCUT2D eigenvalue weighted by Crippen LogP contribution is 2.48. The molecule has 0 heterocycles. The first-order valence-electron chi connectivity index (χ1n) is 7.00. The fourth-order valence-electron chi connectivity index (χ4n) is 2.46. The molecule has 1 unspecified atom stereocenters. The summed E-state index contributed by atoms with van der Waals surface area (Å²) in [6, 6.07) is 10.7. The van der Waals surface area contributed by atoms with E-state index >= 15 is 0 Å². The van der Waals surface area contributed by atoms with Gasteiger partial charge in [-0.25, -0.2) is 0 Å². The first-order chi connectivity index (χ1) is 8.76. The van der Waals surface area contributed by atoms with Crippen LogP contribution in [0.3, 0.4) is 0 Å². The number of benzene rings is 1. The van der Waals surface area contributed by atoms with Gasteiger partial charge in [0, 0.05) is 26.8 Å². The van der Waals surface area contributed by atoms with Crippen molar-refractivity contribution in [2.75, 3.05) is 26.8 Å². The predicted molar refractivity (Wildman–Crippen MR) is 75.9 cm³/mol. The molecule has 100 valence electrons. The number of hydrogen-bond donors (Lipinski definition) is 1. The molecule has 18 heavy (non-hydrogen) atoms. The molecular formula is C16H25NO. The molecule has 1 aromatic carbocycles. The molecule has 1 saturated carbocycles. The third-order valence-electron chi connectivity index (χ3n) is 4.11. The minimum atomic E-state index is 0.548. The minimum absolute atomic E-state index is 0.548. The monoisotopic (exact) mass is 247 g/mol. The van der Waals surface area contributed by atoms with E-state index in [4.69, 9.17) is 4.74 Å². The molecule has 2 rings (SSSR count). The van der Waals surface area contributed by atoms with Crippen molar-refractivity contribution >= 4 is 0 Å². The molecule has 0 aromatic heterocycles. The Bertz CT molecular complexity index is 345. The molecule has 0 saturated heterocycles. The number of methoxy groups -OCH3 is 1. The first kappa shape index (κ1) is 13.6. The molecule has 1 aliphatic carbocycles. The Morgan fingerprint density at radius 1 is 1.28 bits per heavy atom. The maximum absolute atomic E-state index is 5.19. The van der Waals surface area contributed by atoms with Gasteiger partial charge in [-0.1, -0.05) is 37.3 Å². The zero-order valence-electron chi connectivity index (χ0n) is 11.6. The molecule has 2 nitrogen and oxygen atoms in total. The number of rotatable bonds is 8. The Morgan fingerprint density at radius 2 is 2.00 bits per heavy atom. The molecule has 1 aliphatic rings. The summed E-state index contributed by atoms with van der Waals surface area (Å²) in [7, 11) is 1.79. The molecule has 0 bridgehead atoms. The van der Waals surface area contributed by atoms with E-state index in [1.165, 1.54) is 24.8 Å². The van der Waals surface area contributed by atoms with Crippen molar-refractivity contribution < 1.29 is 4.74 Å². The van der Waals surface area contributed by atoms with Gasteiger partial charge in [-0.2, -0.15) is 0 Å². The van der Waals surface area contributed by atoms with Crippen LogP contribution in [0.4, 0.5) is 0 Å². The second-order valence-electron chi connectivity index (χ2n) is 5.69. The molecule has 1 atom stereocenters. The fourth-order valence-corrected chi connectivity index (χ4v) is 2.46. The average Bonchev–Trinajstić information content (AvgIpc) is 3.18. The van der Waals surface area contributed by atoms with Crippen LogP contribution in [0.15, 0.2) is 30.3 Å². The normalized spacial score (nSPS) is 18.6. The van der Waals surface area contributed by atoms with Crippen LogP contribution in [0.1, 0.15) is 37.7 Å². The van der Waals surface area contributed by atoms with Gasteiger partial charge in [-0.15, -0.1) is 0 Å². The van der Waals surface area contributed by atoms with E-state index in [0.29, 0.717) is 11.3 Å². The van der Waals surface area contributed by atoms with Crippen LogP contribution in [-0.4, -0.2) is 26.8 Å². The summed E-state index contributed by atoms with van der Waals surface area (Å²) in [4.78, 5) is 0. The van der Waals surface area contributed by atoms with Crippen LogP contribution >= 0.6 is 0 Å². The fraction of sp³-hybridized carbons (Fsp3) is 0.625. The molecule has 0 amide bonds. The lowest BCUT2D eigenvalue weighted by Gasteiger charge is -2.18. The van der Waals surface area contributed by atoms with E-state index < -0.39 is 0 Å². The third-order valence-corrected chi connectivity index (χ3v) is 4.11. The van der Waals surface area contributed by atoms with Gasteiger partial charge in [0.05, 0.1) is 0 Å². The Hall–Kier alpha value is -0.860.